The lowest BCUT2D eigenvalue weighted by Crippen LogP contribution is -1.92. The second-order valence-corrected chi connectivity index (χ2v) is 1.26. The number of ether oxygens (including phenoxy) is 1. The summed E-state index contributed by atoms with van der Waals surface area (Å²) in [5, 5.41) is 0. The molecule has 0 unspecified atom stereocenters. The summed E-state index contributed by atoms with van der Waals surface area (Å²) in [6.45, 7) is 0. The van der Waals surface area contributed by atoms with Gasteiger partial charge >= 0.3 is 5.97 Å². The minimum Gasteiger partial charge on any atom is -0.466 e. The van der Waals surface area contributed by atoms with Crippen molar-refractivity contribution in [3.8, 4) is 11.8 Å². The molecular weight excluding hydrogens is 132 g/mol. The van der Waals surface area contributed by atoms with Crippen LogP contribution in [-0.4, -0.2) is 19.4 Å². The molecule has 0 atom stereocenters. The number of esters is 1. The van der Waals surface area contributed by atoms with Gasteiger partial charge in [0.1, 0.15) is 0 Å². The maximum absolute atomic E-state index is 10.3. The Labute approximate surface area is 58.7 Å². The third kappa shape index (κ3) is 4.60. The van der Waals surface area contributed by atoms with Crippen LogP contribution >= 0.6 is 0 Å². The van der Waals surface area contributed by atoms with E-state index >= 15 is 0 Å². The Hall–Kier alpha value is -1.56. The molecule has 10 heavy (non-hydrogen) atoms. The Bertz CT molecular complexity index is 205. The van der Waals surface area contributed by atoms with Crippen LogP contribution in [0.2, 0.25) is 0 Å². The average molecular weight is 138 g/mol. The molecule has 0 aromatic heterocycles. The van der Waals surface area contributed by atoms with Crippen LogP contribution in [0.4, 0.5) is 0 Å². The largest absolute Gasteiger partial charge is 0.466 e. The number of allylic oxidation sites excluding steroid dienone is 1. The normalized spacial score (nSPS) is 8.10. The van der Waals surface area contributed by atoms with Gasteiger partial charge in [-0.25, -0.2) is 4.79 Å². The van der Waals surface area contributed by atoms with Gasteiger partial charge in [-0.3, -0.25) is 4.79 Å². The fraction of sp³-hybridized carbons (Fsp3) is 0.143. The zero-order valence-electron chi connectivity index (χ0n) is 5.46. The van der Waals surface area contributed by atoms with Crippen LogP contribution in [0.25, 0.3) is 0 Å². The first-order chi connectivity index (χ1) is 4.81. The highest BCUT2D eigenvalue weighted by Gasteiger charge is 1.85. The molecule has 0 fully saturated rings. The van der Waals surface area contributed by atoms with Gasteiger partial charge in [0, 0.05) is 6.08 Å². The molecule has 52 valence electrons. The van der Waals surface area contributed by atoms with Gasteiger partial charge in [-0.1, -0.05) is 5.92 Å². The monoisotopic (exact) mass is 138 g/mol. The minimum atomic E-state index is -0.486. The molecule has 0 aliphatic carbocycles. The average Bonchev–Trinajstić information content (AvgIpc) is 1.98. The van der Waals surface area contributed by atoms with Crippen molar-refractivity contribution in [1.82, 2.24) is 0 Å². The Morgan fingerprint density at radius 2 is 2.20 bits per heavy atom. The predicted molar refractivity (Wildman–Crippen MR) is 35.0 cm³/mol. The molecule has 0 radical (unpaired) electrons. The van der Waals surface area contributed by atoms with Crippen molar-refractivity contribution in [2.75, 3.05) is 7.11 Å². The van der Waals surface area contributed by atoms with E-state index in [1.807, 2.05) is 0 Å². The van der Waals surface area contributed by atoms with Gasteiger partial charge in [-0.2, -0.15) is 0 Å². The van der Waals surface area contributed by atoms with Crippen LogP contribution in [0.15, 0.2) is 12.2 Å². The quantitative estimate of drug-likeness (QED) is 0.220. The summed E-state index contributed by atoms with van der Waals surface area (Å²) in [6, 6.07) is 0. The topological polar surface area (TPSA) is 43.4 Å². The number of carbonyl (C=O) groups is 2. The first kappa shape index (κ1) is 8.44. The van der Waals surface area contributed by atoms with Crippen LogP contribution in [-0.2, 0) is 14.3 Å². The van der Waals surface area contributed by atoms with Gasteiger partial charge in [0.25, 0.3) is 0 Å². The summed E-state index contributed by atoms with van der Waals surface area (Å²) in [5.41, 5.74) is 0. The molecule has 0 aliphatic heterocycles. The van der Waals surface area contributed by atoms with E-state index in [-0.39, 0.29) is 0 Å². The van der Waals surface area contributed by atoms with Crippen molar-refractivity contribution in [3.63, 3.8) is 0 Å². The summed E-state index contributed by atoms with van der Waals surface area (Å²) in [4.78, 5) is 19.9. The van der Waals surface area contributed by atoms with Crippen LogP contribution in [0.1, 0.15) is 0 Å². The fourth-order valence-corrected chi connectivity index (χ4v) is 0.260. The van der Waals surface area contributed by atoms with E-state index in [9.17, 15) is 9.59 Å². The van der Waals surface area contributed by atoms with Gasteiger partial charge in [0.05, 0.1) is 7.11 Å². The van der Waals surface area contributed by atoms with Crippen molar-refractivity contribution in [1.29, 1.82) is 0 Å². The molecule has 0 saturated heterocycles. The van der Waals surface area contributed by atoms with E-state index in [0.29, 0.717) is 6.29 Å². The Morgan fingerprint density at radius 1 is 1.50 bits per heavy atom. The van der Waals surface area contributed by atoms with Gasteiger partial charge in [0.2, 0.25) is 0 Å². The van der Waals surface area contributed by atoms with E-state index in [4.69, 9.17) is 0 Å². The van der Waals surface area contributed by atoms with E-state index in [1.165, 1.54) is 13.2 Å². The summed E-state index contributed by atoms with van der Waals surface area (Å²) in [7, 11) is 1.26. The van der Waals surface area contributed by atoms with Crippen molar-refractivity contribution in [2.45, 2.75) is 0 Å². The van der Waals surface area contributed by atoms with Gasteiger partial charge in [-0.05, 0) is 12.0 Å². The molecule has 3 nitrogen and oxygen atoms in total. The number of hydrogen-bond donors (Lipinski definition) is 0. The highest BCUT2D eigenvalue weighted by Crippen LogP contribution is 1.74. The first-order valence-electron chi connectivity index (χ1n) is 2.50. The van der Waals surface area contributed by atoms with Gasteiger partial charge < -0.3 is 4.74 Å². The molecular formula is C7H6O3. The number of methoxy groups -OCH3 is 1. The maximum Gasteiger partial charge on any atom is 0.331 e. The molecule has 0 rings (SSSR count). The second-order valence-electron chi connectivity index (χ2n) is 1.26. The maximum atomic E-state index is 10.3. The summed E-state index contributed by atoms with van der Waals surface area (Å²) in [5.74, 6) is 3.92. The van der Waals surface area contributed by atoms with E-state index < -0.39 is 5.97 Å². The second kappa shape index (κ2) is 5.57. The zero-order chi connectivity index (χ0) is 7.82. The standard InChI is InChI=1S/C7H6O3/c1-10-7(9)5-3-2-4-6-8/h3,5-6H,1H3/b5-3+. The lowest BCUT2D eigenvalue weighted by Gasteiger charge is -1.84. The number of aldehydes is 1. The zero-order valence-corrected chi connectivity index (χ0v) is 5.46. The predicted octanol–water partition coefficient (Wildman–Crippen LogP) is -0.0821. The molecule has 0 heterocycles. The molecule has 0 aromatic carbocycles. The van der Waals surface area contributed by atoms with E-state index in [1.54, 1.807) is 0 Å². The van der Waals surface area contributed by atoms with Gasteiger partial charge in [0.15, 0.2) is 6.29 Å². The van der Waals surface area contributed by atoms with Crippen molar-refractivity contribution in [2.24, 2.45) is 0 Å². The molecule has 3 heteroatoms. The molecule has 0 aliphatic rings. The number of hydrogen-bond acceptors (Lipinski definition) is 3. The minimum absolute atomic E-state index is 0.446. The van der Waals surface area contributed by atoms with Crippen LogP contribution < -0.4 is 0 Å². The lowest BCUT2D eigenvalue weighted by atomic mass is 10.5. The fourth-order valence-electron chi connectivity index (χ4n) is 0.260. The smallest absolute Gasteiger partial charge is 0.331 e. The number of carbonyl (C=O) groups excluding carboxylic acids is 2. The Balaban J connectivity index is 3.76. The SMILES string of the molecule is COC(=O)/C=C/C#CC=O. The summed E-state index contributed by atoms with van der Waals surface area (Å²) >= 11 is 0. The van der Waals surface area contributed by atoms with Crippen molar-refractivity contribution >= 4 is 12.3 Å². The highest BCUT2D eigenvalue weighted by atomic mass is 16.5. The number of rotatable bonds is 1. The van der Waals surface area contributed by atoms with E-state index in [2.05, 4.69) is 16.6 Å². The highest BCUT2D eigenvalue weighted by molar-refractivity contribution is 5.82. The van der Waals surface area contributed by atoms with Crippen molar-refractivity contribution < 1.29 is 14.3 Å². The Morgan fingerprint density at radius 3 is 2.70 bits per heavy atom. The molecule has 0 spiro atoms. The molecule has 0 saturated carbocycles. The van der Waals surface area contributed by atoms with Crippen LogP contribution in [0, 0.1) is 11.8 Å². The molecule has 0 amide bonds. The molecule has 0 aromatic rings. The molecule has 0 bridgehead atoms. The van der Waals surface area contributed by atoms with Crippen LogP contribution in [0.3, 0.4) is 0 Å². The molecule has 0 N–H and O–H groups in total. The summed E-state index contributed by atoms with van der Waals surface area (Å²) < 4.78 is 4.25. The lowest BCUT2D eigenvalue weighted by molar-refractivity contribution is -0.134. The first-order valence-corrected chi connectivity index (χ1v) is 2.50. The third-order valence-electron chi connectivity index (χ3n) is 0.646. The van der Waals surface area contributed by atoms with Crippen molar-refractivity contribution in [3.05, 3.63) is 12.2 Å². The van der Waals surface area contributed by atoms with Gasteiger partial charge in [-0.15, -0.1) is 0 Å². The third-order valence-corrected chi connectivity index (χ3v) is 0.646. The summed E-state index contributed by atoms with van der Waals surface area (Å²) in [6.07, 6.45) is 2.83. The van der Waals surface area contributed by atoms with E-state index in [0.717, 1.165) is 6.08 Å². The Kier molecular flexibility index (Phi) is 4.70. The van der Waals surface area contributed by atoms with Crippen LogP contribution in [0.5, 0.6) is 0 Å².